The molecule has 0 spiro atoms. The van der Waals surface area contributed by atoms with Crippen LogP contribution in [0.4, 0.5) is 0 Å². The molecule has 21 heavy (non-hydrogen) atoms. The van der Waals surface area contributed by atoms with E-state index in [4.69, 9.17) is 10.9 Å². The molecule has 0 aliphatic heterocycles. The Morgan fingerprint density at radius 1 is 1.38 bits per heavy atom. The van der Waals surface area contributed by atoms with Crippen LogP contribution in [0.5, 0.6) is 0 Å². The minimum atomic E-state index is -0.109. The molecule has 1 amide bonds. The standard InChI is InChI=1S/C16H23N3O2/c1-2-16(8-3-4-9-16)11-18-15(20)13-7-5-6-12(10-13)14(17)19-21/h5-7,10,21H,2-4,8-9,11H2,1H3,(H2,17,19)(H,18,20). The van der Waals surface area contributed by atoms with Gasteiger partial charge in [-0.25, -0.2) is 0 Å². The Bertz CT molecular complexity index is 534. The van der Waals surface area contributed by atoms with Gasteiger partial charge in [0.05, 0.1) is 0 Å². The molecule has 1 aromatic carbocycles. The van der Waals surface area contributed by atoms with Crippen LogP contribution in [0.15, 0.2) is 29.4 Å². The smallest absolute Gasteiger partial charge is 0.251 e. The predicted molar refractivity (Wildman–Crippen MR) is 82.5 cm³/mol. The molecule has 1 fully saturated rings. The normalized spacial score (nSPS) is 17.7. The molecule has 0 heterocycles. The Balaban J connectivity index is 2.03. The first-order valence-electron chi connectivity index (χ1n) is 7.46. The quantitative estimate of drug-likeness (QED) is 0.337. The topological polar surface area (TPSA) is 87.7 Å². The van der Waals surface area contributed by atoms with E-state index in [0.717, 1.165) is 13.0 Å². The van der Waals surface area contributed by atoms with Crippen molar-refractivity contribution >= 4 is 11.7 Å². The summed E-state index contributed by atoms with van der Waals surface area (Å²) in [7, 11) is 0. The summed E-state index contributed by atoms with van der Waals surface area (Å²) >= 11 is 0. The van der Waals surface area contributed by atoms with Gasteiger partial charge in [0.1, 0.15) is 0 Å². The third kappa shape index (κ3) is 3.54. The van der Waals surface area contributed by atoms with Crippen LogP contribution in [0.2, 0.25) is 0 Å². The molecule has 1 aliphatic carbocycles. The lowest BCUT2D eigenvalue weighted by Gasteiger charge is -2.27. The second kappa shape index (κ2) is 6.61. The number of nitrogens with one attached hydrogen (secondary N) is 1. The maximum absolute atomic E-state index is 12.3. The molecular weight excluding hydrogens is 266 g/mol. The molecule has 5 nitrogen and oxygen atoms in total. The van der Waals surface area contributed by atoms with Crippen LogP contribution in [0, 0.1) is 5.41 Å². The van der Waals surface area contributed by atoms with Gasteiger partial charge in [0.15, 0.2) is 5.84 Å². The molecule has 114 valence electrons. The van der Waals surface area contributed by atoms with E-state index >= 15 is 0 Å². The van der Waals surface area contributed by atoms with E-state index in [2.05, 4.69) is 17.4 Å². The van der Waals surface area contributed by atoms with Crippen LogP contribution in [0.25, 0.3) is 0 Å². The fourth-order valence-corrected chi connectivity index (χ4v) is 3.03. The van der Waals surface area contributed by atoms with Crippen molar-refractivity contribution in [1.82, 2.24) is 5.32 Å². The Hall–Kier alpha value is -2.04. The van der Waals surface area contributed by atoms with Crippen LogP contribution in [0.1, 0.15) is 54.9 Å². The van der Waals surface area contributed by atoms with E-state index in [9.17, 15) is 4.79 Å². The molecule has 1 saturated carbocycles. The third-order valence-electron chi connectivity index (χ3n) is 4.57. The van der Waals surface area contributed by atoms with Crippen molar-refractivity contribution in [3.8, 4) is 0 Å². The second-order valence-electron chi connectivity index (χ2n) is 5.81. The lowest BCUT2D eigenvalue weighted by Crippen LogP contribution is -2.35. The molecule has 1 aliphatic rings. The fraction of sp³-hybridized carbons (Fsp3) is 0.500. The average Bonchev–Trinajstić information content (AvgIpc) is 3.01. The number of hydrogen-bond donors (Lipinski definition) is 3. The summed E-state index contributed by atoms with van der Waals surface area (Å²) in [5.74, 6) is -0.104. The monoisotopic (exact) mass is 289 g/mol. The zero-order chi connectivity index (χ0) is 15.3. The highest BCUT2D eigenvalue weighted by Crippen LogP contribution is 2.40. The van der Waals surface area contributed by atoms with Crippen molar-refractivity contribution in [3.63, 3.8) is 0 Å². The van der Waals surface area contributed by atoms with Crippen LogP contribution < -0.4 is 11.1 Å². The number of carbonyl (C=O) groups is 1. The van der Waals surface area contributed by atoms with Gasteiger partial charge in [0.2, 0.25) is 0 Å². The van der Waals surface area contributed by atoms with E-state index in [1.807, 2.05) is 0 Å². The summed E-state index contributed by atoms with van der Waals surface area (Å²) in [6.45, 7) is 2.91. The molecule has 0 aromatic heterocycles. The van der Waals surface area contributed by atoms with Crippen LogP contribution in [0.3, 0.4) is 0 Å². The summed E-state index contributed by atoms with van der Waals surface area (Å²) in [6, 6.07) is 6.80. The number of amidine groups is 1. The summed E-state index contributed by atoms with van der Waals surface area (Å²) in [5, 5.41) is 14.7. The average molecular weight is 289 g/mol. The first-order valence-corrected chi connectivity index (χ1v) is 7.46. The van der Waals surface area contributed by atoms with Crippen molar-refractivity contribution in [2.75, 3.05) is 6.54 Å². The SMILES string of the molecule is CCC1(CNC(=O)c2cccc(/C(N)=N/O)c2)CCCC1. The maximum Gasteiger partial charge on any atom is 0.251 e. The van der Waals surface area contributed by atoms with Gasteiger partial charge < -0.3 is 16.3 Å². The van der Waals surface area contributed by atoms with Crippen molar-refractivity contribution in [3.05, 3.63) is 35.4 Å². The van der Waals surface area contributed by atoms with Crippen molar-refractivity contribution in [2.45, 2.75) is 39.0 Å². The summed E-state index contributed by atoms with van der Waals surface area (Å²) in [5.41, 5.74) is 6.88. The summed E-state index contributed by atoms with van der Waals surface area (Å²) in [6.07, 6.45) is 5.98. The number of rotatable bonds is 5. The summed E-state index contributed by atoms with van der Waals surface area (Å²) in [4.78, 5) is 12.3. The molecule has 0 bridgehead atoms. The van der Waals surface area contributed by atoms with Gasteiger partial charge in [-0.3, -0.25) is 4.79 Å². The van der Waals surface area contributed by atoms with Gasteiger partial charge in [0.25, 0.3) is 5.91 Å². The van der Waals surface area contributed by atoms with E-state index in [-0.39, 0.29) is 17.2 Å². The van der Waals surface area contributed by atoms with Crippen molar-refractivity contribution in [1.29, 1.82) is 0 Å². The first-order chi connectivity index (χ1) is 10.1. The van der Waals surface area contributed by atoms with Gasteiger partial charge >= 0.3 is 0 Å². The maximum atomic E-state index is 12.3. The van der Waals surface area contributed by atoms with Gasteiger partial charge in [-0.2, -0.15) is 0 Å². The molecule has 5 heteroatoms. The van der Waals surface area contributed by atoms with E-state index in [0.29, 0.717) is 11.1 Å². The van der Waals surface area contributed by atoms with Crippen LogP contribution in [-0.2, 0) is 0 Å². The van der Waals surface area contributed by atoms with Crippen LogP contribution >= 0.6 is 0 Å². The molecule has 1 aromatic rings. The van der Waals surface area contributed by atoms with Gasteiger partial charge in [-0.15, -0.1) is 0 Å². The fourth-order valence-electron chi connectivity index (χ4n) is 3.03. The number of amides is 1. The predicted octanol–water partition coefficient (Wildman–Crippen LogP) is 2.48. The van der Waals surface area contributed by atoms with Crippen molar-refractivity contribution in [2.24, 2.45) is 16.3 Å². The molecule has 0 unspecified atom stereocenters. The zero-order valence-corrected chi connectivity index (χ0v) is 12.4. The number of hydrogen-bond acceptors (Lipinski definition) is 3. The molecule has 4 N–H and O–H groups in total. The highest BCUT2D eigenvalue weighted by atomic mass is 16.4. The van der Waals surface area contributed by atoms with E-state index in [1.165, 1.54) is 25.7 Å². The Labute approximate surface area is 125 Å². The number of oxime groups is 1. The first kappa shape index (κ1) is 15.4. The Morgan fingerprint density at radius 2 is 2.05 bits per heavy atom. The van der Waals surface area contributed by atoms with Gasteiger partial charge in [-0.05, 0) is 36.8 Å². The molecule has 0 atom stereocenters. The molecular formula is C16H23N3O2. The summed E-state index contributed by atoms with van der Waals surface area (Å²) < 4.78 is 0. The van der Waals surface area contributed by atoms with E-state index < -0.39 is 0 Å². The third-order valence-corrected chi connectivity index (χ3v) is 4.57. The lowest BCUT2D eigenvalue weighted by atomic mass is 9.83. The number of nitrogens with two attached hydrogens (primary N) is 1. The highest BCUT2D eigenvalue weighted by Gasteiger charge is 2.32. The Kier molecular flexibility index (Phi) is 4.83. The minimum absolute atomic E-state index is 0.00507. The minimum Gasteiger partial charge on any atom is -0.409 e. The van der Waals surface area contributed by atoms with Gasteiger partial charge in [-0.1, -0.05) is 37.1 Å². The molecule has 0 saturated heterocycles. The second-order valence-corrected chi connectivity index (χ2v) is 5.81. The highest BCUT2D eigenvalue weighted by molar-refractivity contribution is 6.01. The number of carbonyl (C=O) groups excluding carboxylic acids is 1. The lowest BCUT2D eigenvalue weighted by molar-refractivity contribution is 0.0928. The van der Waals surface area contributed by atoms with Crippen molar-refractivity contribution < 1.29 is 10.0 Å². The number of nitrogens with zero attached hydrogens (tertiary/aromatic N) is 1. The largest absolute Gasteiger partial charge is 0.409 e. The van der Waals surface area contributed by atoms with Gasteiger partial charge in [0, 0.05) is 17.7 Å². The van der Waals surface area contributed by atoms with Crippen LogP contribution in [-0.4, -0.2) is 23.5 Å². The zero-order valence-electron chi connectivity index (χ0n) is 12.4. The number of benzene rings is 1. The Morgan fingerprint density at radius 3 is 2.67 bits per heavy atom. The molecule has 0 radical (unpaired) electrons. The molecule has 2 rings (SSSR count). The van der Waals surface area contributed by atoms with E-state index in [1.54, 1.807) is 24.3 Å².